The zero-order valence-corrected chi connectivity index (χ0v) is 13.3. The van der Waals surface area contributed by atoms with Crippen molar-refractivity contribution in [3.63, 3.8) is 0 Å². The lowest BCUT2D eigenvalue weighted by atomic mass is 10.2. The fraction of sp³-hybridized carbons (Fsp3) is 0.429. The Labute approximate surface area is 131 Å². The fourth-order valence-corrected chi connectivity index (χ4v) is 2.64. The third kappa shape index (κ3) is 3.61. The number of hydrogen-bond donors (Lipinski definition) is 1. The normalized spacial score (nSPS) is 19.6. The molecule has 1 aliphatic rings. The second kappa shape index (κ2) is 6.55. The van der Waals surface area contributed by atoms with Crippen LogP contribution in [0, 0.1) is 0 Å². The van der Waals surface area contributed by atoms with Crippen molar-refractivity contribution in [3.8, 4) is 5.75 Å². The lowest BCUT2D eigenvalue weighted by molar-refractivity contribution is 0.189. The molecule has 1 N–H and O–H groups in total. The number of likely N-dealkylation sites (N-methyl/N-ethyl adjacent to an activating group) is 1. The highest BCUT2D eigenvalue weighted by molar-refractivity contribution is 9.10. The quantitative estimate of drug-likeness (QED) is 0.907. The molecule has 0 spiro atoms. The first kappa shape index (κ1) is 14.5. The van der Waals surface area contributed by atoms with E-state index in [-0.39, 0.29) is 12.6 Å². The lowest BCUT2D eigenvalue weighted by Gasteiger charge is -2.30. The van der Waals surface area contributed by atoms with Crippen molar-refractivity contribution < 1.29 is 9.26 Å². The molecule has 2 heterocycles. The average Bonchev–Trinajstić information content (AvgIpc) is 2.94. The zero-order chi connectivity index (χ0) is 14.7. The summed E-state index contributed by atoms with van der Waals surface area (Å²) in [7, 11) is 2.07. The molecule has 2 aromatic rings. The molecule has 0 radical (unpaired) electrons. The molecular formula is C14H17BrN4O2. The Balaban J connectivity index is 1.62. The molecule has 3 rings (SSSR count). The van der Waals surface area contributed by atoms with E-state index in [1.165, 1.54) is 0 Å². The molecule has 1 aliphatic heterocycles. The van der Waals surface area contributed by atoms with Crippen LogP contribution in [-0.4, -0.2) is 41.7 Å². The summed E-state index contributed by atoms with van der Waals surface area (Å²) in [6.07, 6.45) is 0. The summed E-state index contributed by atoms with van der Waals surface area (Å²) >= 11 is 3.41. The Bertz CT molecular complexity index is 604. The number of benzene rings is 1. The second-order valence-electron chi connectivity index (χ2n) is 4.99. The Kier molecular flexibility index (Phi) is 4.52. The molecule has 1 aromatic carbocycles. The predicted molar refractivity (Wildman–Crippen MR) is 81.0 cm³/mol. The molecule has 112 valence electrons. The molecule has 21 heavy (non-hydrogen) atoms. The third-order valence-corrected chi connectivity index (χ3v) is 3.94. The summed E-state index contributed by atoms with van der Waals surface area (Å²) in [6, 6.07) is 7.81. The van der Waals surface area contributed by atoms with Gasteiger partial charge in [-0.2, -0.15) is 4.98 Å². The first-order valence-electron chi connectivity index (χ1n) is 6.84. The van der Waals surface area contributed by atoms with Crippen molar-refractivity contribution in [2.45, 2.75) is 12.6 Å². The maximum atomic E-state index is 5.64. The Hall–Kier alpha value is -1.44. The van der Waals surface area contributed by atoms with Gasteiger partial charge in [0, 0.05) is 24.1 Å². The molecule has 0 aliphatic carbocycles. The van der Waals surface area contributed by atoms with Crippen LogP contribution in [0.3, 0.4) is 0 Å². The van der Waals surface area contributed by atoms with Gasteiger partial charge in [0.15, 0.2) is 12.4 Å². The lowest BCUT2D eigenvalue weighted by Crippen LogP contribution is -2.44. The van der Waals surface area contributed by atoms with E-state index < -0.39 is 0 Å². The van der Waals surface area contributed by atoms with Crippen molar-refractivity contribution in [1.29, 1.82) is 0 Å². The Morgan fingerprint density at radius 2 is 2.43 bits per heavy atom. The summed E-state index contributed by atoms with van der Waals surface area (Å²) in [4.78, 5) is 6.65. The number of nitrogens with zero attached hydrogens (tertiary/aromatic N) is 3. The Morgan fingerprint density at radius 3 is 3.24 bits per heavy atom. The Morgan fingerprint density at radius 1 is 1.52 bits per heavy atom. The van der Waals surface area contributed by atoms with Crippen LogP contribution in [-0.2, 0) is 6.61 Å². The largest absolute Gasteiger partial charge is 0.484 e. The van der Waals surface area contributed by atoms with Crippen LogP contribution in [0.25, 0.3) is 0 Å². The molecule has 6 nitrogen and oxygen atoms in total. The summed E-state index contributed by atoms with van der Waals surface area (Å²) < 4.78 is 11.9. The molecule has 1 fully saturated rings. The van der Waals surface area contributed by atoms with Crippen molar-refractivity contribution >= 4 is 15.9 Å². The number of ether oxygens (including phenoxy) is 1. The summed E-state index contributed by atoms with van der Waals surface area (Å²) in [5.74, 6) is 1.96. The van der Waals surface area contributed by atoms with Gasteiger partial charge in [-0.1, -0.05) is 27.2 Å². The second-order valence-corrected chi connectivity index (χ2v) is 5.91. The van der Waals surface area contributed by atoms with E-state index in [0.717, 1.165) is 29.9 Å². The molecular weight excluding hydrogens is 336 g/mol. The molecule has 7 heteroatoms. The summed E-state index contributed by atoms with van der Waals surface area (Å²) in [5.41, 5.74) is 0. The van der Waals surface area contributed by atoms with Gasteiger partial charge in [0.25, 0.3) is 5.89 Å². The van der Waals surface area contributed by atoms with Crippen LogP contribution < -0.4 is 10.1 Å². The molecule has 1 aromatic heterocycles. The van der Waals surface area contributed by atoms with E-state index in [9.17, 15) is 0 Å². The molecule has 1 atom stereocenters. The van der Waals surface area contributed by atoms with Gasteiger partial charge in [0.05, 0.1) is 6.04 Å². The first-order valence-corrected chi connectivity index (χ1v) is 7.63. The number of rotatable bonds is 4. The smallest absolute Gasteiger partial charge is 0.264 e. The SMILES string of the molecule is CN1CCNCC1c1noc(COc2cccc(Br)c2)n1. The van der Waals surface area contributed by atoms with Gasteiger partial charge in [0.2, 0.25) is 0 Å². The first-order chi connectivity index (χ1) is 10.2. The van der Waals surface area contributed by atoms with E-state index in [1.54, 1.807) is 0 Å². The molecule has 0 saturated carbocycles. The highest BCUT2D eigenvalue weighted by Crippen LogP contribution is 2.20. The van der Waals surface area contributed by atoms with Gasteiger partial charge in [0.1, 0.15) is 5.75 Å². The van der Waals surface area contributed by atoms with Crippen molar-refractivity contribution in [3.05, 3.63) is 40.5 Å². The maximum absolute atomic E-state index is 5.64. The minimum absolute atomic E-state index is 0.155. The number of halogens is 1. The van der Waals surface area contributed by atoms with E-state index in [4.69, 9.17) is 9.26 Å². The number of piperazine rings is 1. The fourth-order valence-electron chi connectivity index (χ4n) is 2.26. The predicted octanol–water partition coefficient (Wildman–Crippen LogP) is 1.99. The van der Waals surface area contributed by atoms with Crippen LogP contribution in [0.5, 0.6) is 5.75 Å². The van der Waals surface area contributed by atoms with Gasteiger partial charge >= 0.3 is 0 Å². The van der Waals surface area contributed by atoms with Gasteiger partial charge in [-0.25, -0.2) is 0 Å². The molecule has 0 amide bonds. The molecule has 1 unspecified atom stereocenters. The zero-order valence-electron chi connectivity index (χ0n) is 11.8. The van der Waals surface area contributed by atoms with Crippen LogP contribution >= 0.6 is 15.9 Å². The van der Waals surface area contributed by atoms with Gasteiger partial charge in [-0.05, 0) is 25.2 Å². The van der Waals surface area contributed by atoms with Gasteiger partial charge in [-0.15, -0.1) is 0 Å². The van der Waals surface area contributed by atoms with Crippen LogP contribution in [0.4, 0.5) is 0 Å². The number of nitrogens with one attached hydrogen (secondary N) is 1. The minimum Gasteiger partial charge on any atom is -0.484 e. The van der Waals surface area contributed by atoms with Gasteiger partial charge in [-0.3, -0.25) is 4.90 Å². The summed E-state index contributed by atoms with van der Waals surface area (Å²) in [5, 5.41) is 7.40. The minimum atomic E-state index is 0.155. The van der Waals surface area contributed by atoms with Gasteiger partial charge < -0.3 is 14.6 Å². The van der Waals surface area contributed by atoms with Crippen LogP contribution in [0.1, 0.15) is 17.8 Å². The van der Waals surface area contributed by atoms with E-state index in [0.29, 0.717) is 11.7 Å². The topological polar surface area (TPSA) is 63.4 Å². The maximum Gasteiger partial charge on any atom is 0.264 e. The molecule has 1 saturated heterocycles. The van der Waals surface area contributed by atoms with Crippen molar-refractivity contribution in [1.82, 2.24) is 20.4 Å². The van der Waals surface area contributed by atoms with Crippen molar-refractivity contribution in [2.75, 3.05) is 26.7 Å². The summed E-state index contributed by atoms with van der Waals surface area (Å²) in [6.45, 7) is 3.07. The standard InChI is InChI=1S/C14H17BrN4O2/c1-19-6-5-16-8-12(19)14-17-13(21-18-14)9-20-11-4-2-3-10(15)7-11/h2-4,7,12,16H,5-6,8-9H2,1H3. The average molecular weight is 353 g/mol. The highest BCUT2D eigenvalue weighted by Gasteiger charge is 2.25. The van der Waals surface area contributed by atoms with Crippen LogP contribution in [0.15, 0.2) is 33.3 Å². The monoisotopic (exact) mass is 352 g/mol. The number of hydrogen-bond acceptors (Lipinski definition) is 6. The third-order valence-electron chi connectivity index (χ3n) is 3.45. The van der Waals surface area contributed by atoms with Crippen LogP contribution in [0.2, 0.25) is 0 Å². The highest BCUT2D eigenvalue weighted by atomic mass is 79.9. The van der Waals surface area contributed by atoms with E-state index in [1.807, 2.05) is 24.3 Å². The molecule has 0 bridgehead atoms. The van der Waals surface area contributed by atoms with E-state index >= 15 is 0 Å². The number of aromatic nitrogens is 2. The van der Waals surface area contributed by atoms with E-state index in [2.05, 4.69) is 43.3 Å². The van der Waals surface area contributed by atoms with Crippen molar-refractivity contribution in [2.24, 2.45) is 0 Å².